The van der Waals surface area contributed by atoms with Crippen LogP contribution in [0.4, 0.5) is 0 Å². The summed E-state index contributed by atoms with van der Waals surface area (Å²) in [4.78, 5) is 16.2. The Morgan fingerprint density at radius 2 is 1.84 bits per heavy atom. The zero-order chi connectivity index (χ0) is 23.0. The topological polar surface area (TPSA) is 61.6 Å². The van der Waals surface area contributed by atoms with Crippen molar-refractivity contribution in [2.75, 3.05) is 7.11 Å². The Bertz CT molecular complexity index is 1010. The highest BCUT2D eigenvalue weighted by Gasteiger charge is 2.36. The number of carbonyl (C=O) groups is 1. The molecule has 0 aliphatic carbocycles. The highest BCUT2D eigenvalue weighted by molar-refractivity contribution is 5.69. The second-order valence-electron chi connectivity index (χ2n) is 8.12. The van der Waals surface area contributed by atoms with E-state index in [0.717, 1.165) is 41.3 Å². The molecule has 5 nitrogen and oxygen atoms in total. The van der Waals surface area contributed by atoms with E-state index in [1.165, 1.54) is 12.7 Å². The molecule has 0 spiro atoms. The van der Waals surface area contributed by atoms with Gasteiger partial charge in [0.25, 0.3) is 0 Å². The molecule has 0 aliphatic heterocycles. The predicted octanol–water partition coefficient (Wildman–Crippen LogP) is 6.16. The van der Waals surface area contributed by atoms with Gasteiger partial charge in [-0.1, -0.05) is 56.3 Å². The summed E-state index contributed by atoms with van der Waals surface area (Å²) in [6.07, 6.45) is 5.22. The number of nitrogens with zero attached hydrogens (tertiary/aromatic N) is 1. The zero-order valence-corrected chi connectivity index (χ0v) is 19.5. The Balaban J connectivity index is 1.77. The van der Waals surface area contributed by atoms with E-state index in [4.69, 9.17) is 18.9 Å². The first-order valence-corrected chi connectivity index (χ1v) is 11.3. The van der Waals surface area contributed by atoms with Gasteiger partial charge in [-0.3, -0.25) is 4.79 Å². The highest BCUT2D eigenvalue weighted by atomic mass is 16.5. The Hall–Kier alpha value is -3.08. The summed E-state index contributed by atoms with van der Waals surface area (Å²) < 4.78 is 16.7. The van der Waals surface area contributed by atoms with Crippen molar-refractivity contribution in [1.82, 2.24) is 4.98 Å². The lowest BCUT2D eigenvalue weighted by molar-refractivity contribution is -0.140. The van der Waals surface area contributed by atoms with Gasteiger partial charge in [-0.15, -0.1) is 0 Å². The molecule has 0 bridgehead atoms. The fourth-order valence-corrected chi connectivity index (χ4v) is 4.09. The Morgan fingerprint density at radius 1 is 1.09 bits per heavy atom. The van der Waals surface area contributed by atoms with Gasteiger partial charge in [0.2, 0.25) is 5.89 Å². The van der Waals surface area contributed by atoms with Crippen molar-refractivity contribution in [3.63, 3.8) is 0 Å². The first-order chi connectivity index (χ1) is 15.5. The number of aryl methyl sites for hydroxylation is 2. The minimum absolute atomic E-state index is 0.199. The quantitative estimate of drug-likeness (QED) is 0.337. The molecule has 3 rings (SSSR count). The molecule has 0 amide bonds. The SMILES string of the molecule is CCC(CC)(c1ccc(OCc2ccccc2)c(C)c1)c1nc(CCCC(=O)OC)co1. The molecule has 5 heteroatoms. The van der Waals surface area contributed by atoms with Crippen molar-refractivity contribution >= 4 is 5.97 Å². The third kappa shape index (κ3) is 5.39. The molecule has 0 N–H and O–H groups in total. The third-order valence-corrected chi connectivity index (χ3v) is 6.17. The average Bonchev–Trinajstić information content (AvgIpc) is 3.29. The molecule has 170 valence electrons. The van der Waals surface area contributed by atoms with Gasteiger partial charge in [-0.2, -0.15) is 0 Å². The van der Waals surface area contributed by atoms with Crippen LogP contribution in [0, 0.1) is 6.92 Å². The second-order valence-corrected chi connectivity index (χ2v) is 8.12. The summed E-state index contributed by atoms with van der Waals surface area (Å²) in [7, 11) is 1.41. The standard InChI is InChI=1S/C27H33NO4/c1-5-27(6-2,26-28-23(19-32-26)13-10-14-25(29)30-4)22-15-16-24(20(3)17-22)31-18-21-11-8-7-9-12-21/h7-9,11-12,15-17,19H,5-6,10,13-14,18H2,1-4H3. The number of rotatable bonds is 11. The van der Waals surface area contributed by atoms with Crippen LogP contribution in [-0.2, 0) is 28.0 Å². The molecule has 0 atom stereocenters. The molecule has 3 aromatic rings. The van der Waals surface area contributed by atoms with Gasteiger partial charge in [-0.05, 0) is 55.4 Å². The van der Waals surface area contributed by atoms with Gasteiger partial charge in [0.1, 0.15) is 18.6 Å². The first kappa shape index (κ1) is 23.6. The molecule has 0 aliphatic rings. The smallest absolute Gasteiger partial charge is 0.305 e. The van der Waals surface area contributed by atoms with Crippen LogP contribution < -0.4 is 4.74 Å². The molecule has 1 aromatic heterocycles. The monoisotopic (exact) mass is 435 g/mol. The van der Waals surface area contributed by atoms with E-state index in [1.807, 2.05) is 24.3 Å². The molecule has 0 saturated carbocycles. The predicted molar refractivity (Wildman–Crippen MR) is 125 cm³/mol. The van der Waals surface area contributed by atoms with E-state index in [1.54, 1.807) is 6.26 Å². The van der Waals surface area contributed by atoms with Crippen molar-refractivity contribution in [2.24, 2.45) is 0 Å². The fourth-order valence-electron chi connectivity index (χ4n) is 4.09. The average molecular weight is 436 g/mol. The van der Waals surface area contributed by atoms with E-state index in [9.17, 15) is 4.79 Å². The van der Waals surface area contributed by atoms with Crippen molar-refractivity contribution in [3.05, 3.63) is 83.1 Å². The summed E-state index contributed by atoms with van der Waals surface area (Å²) in [5.41, 5.74) is 3.98. The van der Waals surface area contributed by atoms with Crippen LogP contribution in [0.1, 0.15) is 67.8 Å². The molecule has 1 heterocycles. The Labute approximate surface area is 190 Å². The number of hydrogen-bond donors (Lipinski definition) is 0. The number of carbonyl (C=O) groups excluding carboxylic acids is 1. The van der Waals surface area contributed by atoms with Crippen molar-refractivity contribution < 1.29 is 18.7 Å². The third-order valence-electron chi connectivity index (χ3n) is 6.17. The maximum Gasteiger partial charge on any atom is 0.305 e. The maximum atomic E-state index is 11.4. The first-order valence-electron chi connectivity index (χ1n) is 11.3. The summed E-state index contributed by atoms with van der Waals surface area (Å²) in [6.45, 7) is 6.95. The summed E-state index contributed by atoms with van der Waals surface area (Å²) in [5.74, 6) is 1.41. The van der Waals surface area contributed by atoms with E-state index >= 15 is 0 Å². The number of ether oxygens (including phenoxy) is 2. The molecule has 0 saturated heterocycles. The molecule has 0 fully saturated rings. The Kier molecular flexibility index (Phi) is 8.09. The largest absolute Gasteiger partial charge is 0.489 e. The molecular formula is C27H33NO4. The minimum Gasteiger partial charge on any atom is -0.489 e. The van der Waals surface area contributed by atoms with E-state index in [-0.39, 0.29) is 11.4 Å². The van der Waals surface area contributed by atoms with Crippen LogP contribution >= 0.6 is 0 Å². The lowest BCUT2D eigenvalue weighted by Crippen LogP contribution is -2.26. The molecule has 0 radical (unpaired) electrons. The lowest BCUT2D eigenvalue weighted by atomic mass is 9.75. The van der Waals surface area contributed by atoms with Crippen LogP contribution in [-0.4, -0.2) is 18.1 Å². The van der Waals surface area contributed by atoms with Gasteiger partial charge < -0.3 is 13.9 Å². The molecule has 32 heavy (non-hydrogen) atoms. The van der Waals surface area contributed by atoms with Gasteiger partial charge in [0.15, 0.2) is 0 Å². The normalized spacial score (nSPS) is 11.4. The van der Waals surface area contributed by atoms with Crippen molar-refractivity contribution in [2.45, 2.75) is 64.9 Å². The number of hydrogen-bond acceptors (Lipinski definition) is 5. The van der Waals surface area contributed by atoms with Crippen molar-refractivity contribution in [3.8, 4) is 5.75 Å². The fraction of sp³-hybridized carbons (Fsp3) is 0.407. The highest BCUT2D eigenvalue weighted by Crippen LogP contribution is 2.40. The van der Waals surface area contributed by atoms with Crippen LogP contribution in [0.2, 0.25) is 0 Å². The number of esters is 1. The van der Waals surface area contributed by atoms with Gasteiger partial charge in [-0.25, -0.2) is 4.98 Å². The second kappa shape index (κ2) is 11.0. The maximum absolute atomic E-state index is 11.4. The van der Waals surface area contributed by atoms with Gasteiger partial charge in [0.05, 0.1) is 18.2 Å². The summed E-state index contributed by atoms with van der Waals surface area (Å²) in [5, 5.41) is 0. The molecular weight excluding hydrogens is 402 g/mol. The molecule has 2 aromatic carbocycles. The van der Waals surface area contributed by atoms with Crippen LogP contribution in [0.25, 0.3) is 0 Å². The summed E-state index contributed by atoms with van der Waals surface area (Å²) in [6, 6.07) is 16.5. The number of oxazole rings is 1. The summed E-state index contributed by atoms with van der Waals surface area (Å²) >= 11 is 0. The number of methoxy groups -OCH3 is 1. The van der Waals surface area contributed by atoms with E-state index in [2.05, 4.69) is 45.0 Å². The number of benzene rings is 2. The van der Waals surface area contributed by atoms with Gasteiger partial charge in [0, 0.05) is 6.42 Å². The van der Waals surface area contributed by atoms with Crippen molar-refractivity contribution in [1.29, 1.82) is 0 Å². The Morgan fingerprint density at radius 3 is 2.50 bits per heavy atom. The minimum atomic E-state index is -0.302. The van der Waals surface area contributed by atoms with Crippen LogP contribution in [0.15, 0.2) is 59.2 Å². The molecule has 0 unspecified atom stereocenters. The van der Waals surface area contributed by atoms with Crippen LogP contribution in [0.5, 0.6) is 5.75 Å². The zero-order valence-electron chi connectivity index (χ0n) is 19.5. The van der Waals surface area contributed by atoms with Crippen LogP contribution in [0.3, 0.4) is 0 Å². The van der Waals surface area contributed by atoms with E-state index in [0.29, 0.717) is 25.9 Å². The lowest BCUT2D eigenvalue weighted by Gasteiger charge is -2.29. The van der Waals surface area contributed by atoms with E-state index < -0.39 is 0 Å². The number of aromatic nitrogens is 1. The van der Waals surface area contributed by atoms with Gasteiger partial charge >= 0.3 is 5.97 Å².